The summed E-state index contributed by atoms with van der Waals surface area (Å²) in [7, 11) is 0. The minimum Gasteiger partial charge on any atom is -0.338 e. The fourth-order valence-corrected chi connectivity index (χ4v) is 5.07. The Labute approximate surface area is 189 Å². The average Bonchev–Trinajstić information content (AvgIpc) is 3.12. The maximum absolute atomic E-state index is 12.9. The molecule has 0 aromatic carbocycles. The van der Waals surface area contributed by atoms with E-state index in [2.05, 4.69) is 34.3 Å². The van der Waals surface area contributed by atoms with Gasteiger partial charge in [0.1, 0.15) is 0 Å². The van der Waals surface area contributed by atoms with E-state index < -0.39 is 0 Å². The number of hydrogen-bond donors (Lipinski definition) is 1. The average molecular weight is 457 g/mol. The maximum Gasteiger partial charge on any atom is 0.254 e. The van der Waals surface area contributed by atoms with E-state index in [-0.39, 0.29) is 36.8 Å². The van der Waals surface area contributed by atoms with E-state index in [0.29, 0.717) is 0 Å². The third-order valence-corrected chi connectivity index (χ3v) is 6.78. The van der Waals surface area contributed by atoms with E-state index in [1.54, 1.807) is 11.3 Å². The van der Waals surface area contributed by atoms with E-state index in [1.807, 2.05) is 11.1 Å². The summed E-state index contributed by atoms with van der Waals surface area (Å²) < 4.78 is 0. The molecule has 1 amide bonds. The number of hydrogen-bond acceptors (Lipinski definition) is 5. The Morgan fingerprint density at radius 3 is 2.66 bits per heavy atom. The molecular weight excluding hydrogens is 427 g/mol. The zero-order chi connectivity index (χ0) is 18.8. The van der Waals surface area contributed by atoms with Gasteiger partial charge in [-0.1, -0.05) is 13.0 Å². The number of piperidine rings is 1. The monoisotopic (exact) mass is 456 g/mol. The molecule has 2 aromatic rings. The topological polar surface area (TPSA) is 62.5 Å². The normalized spacial score (nSPS) is 17.2. The number of fused-ring (bicyclic) bond motifs is 1. The molecule has 0 saturated carbocycles. The minimum absolute atomic E-state index is 0. The number of thiophene rings is 1. The third kappa shape index (κ3) is 5.50. The molecule has 4 heterocycles. The highest BCUT2D eigenvalue weighted by Gasteiger charge is 2.28. The molecule has 2 N–H and O–H groups in total. The van der Waals surface area contributed by atoms with Crippen molar-refractivity contribution in [3.8, 4) is 0 Å². The van der Waals surface area contributed by atoms with Crippen LogP contribution in [0.4, 0.5) is 0 Å². The van der Waals surface area contributed by atoms with Crippen LogP contribution < -0.4 is 5.73 Å². The lowest BCUT2D eigenvalue weighted by Crippen LogP contribution is -2.43. The van der Waals surface area contributed by atoms with Crippen molar-refractivity contribution in [2.75, 3.05) is 19.6 Å². The van der Waals surface area contributed by atoms with Crippen LogP contribution in [0.2, 0.25) is 0 Å². The van der Waals surface area contributed by atoms with Crippen LogP contribution in [0.1, 0.15) is 51.8 Å². The second kappa shape index (κ2) is 10.7. The predicted molar refractivity (Wildman–Crippen MR) is 123 cm³/mol. The Morgan fingerprint density at radius 1 is 1.24 bits per heavy atom. The third-order valence-electron chi connectivity index (χ3n) is 5.76. The van der Waals surface area contributed by atoms with Gasteiger partial charge in [0.15, 0.2) is 0 Å². The molecule has 2 aliphatic rings. The first-order valence-electron chi connectivity index (χ1n) is 9.94. The molecule has 160 valence electrons. The first kappa shape index (κ1) is 24.1. The van der Waals surface area contributed by atoms with Gasteiger partial charge in [0.2, 0.25) is 0 Å². The lowest BCUT2D eigenvalue weighted by molar-refractivity contribution is 0.0713. The zero-order valence-corrected chi connectivity index (χ0v) is 19.3. The van der Waals surface area contributed by atoms with Crippen molar-refractivity contribution in [3.05, 3.63) is 51.0 Å². The highest BCUT2D eigenvalue weighted by Crippen LogP contribution is 2.30. The summed E-state index contributed by atoms with van der Waals surface area (Å²) in [6.07, 6.45) is 5.78. The molecule has 4 rings (SSSR count). The Balaban J connectivity index is 0.00000150. The number of rotatable bonds is 4. The summed E-state index contributed by atoms with van der Waals surface area (Å²) in [6, 6.07) is 4.56. The summed E-state index contributed by atoms with van der Waals surface area (Å²) in [6.45, 7) is 6.49. The highest BCUT2D eigenvalue weighted by atomic mass is 35.5. The van der Waals surface area contributed by atoms with Gasteiger partial charge in [0.25, 0.3) is 5.91 Å². The first-order valence-corrected chi connectivity index (χ1v) is 10.8. The summed E-state index contributed by atoms with van der Waals surface area (Å²) in [5.41, 5.74) is 10.6. The highest BCUT2D eigenvalue weighted by molar-refractivity contribution is 7.10. The van der Waals surface area contributed by atoms with Crippen molar-refractivity contribution in [2.24, 2.45) is 5.73 Å². The van der Waals surface area contributed by atoms with Crippen molar-refractivity contribution in [1.82, 2.24) is 14.8 Å². The van der Waals surface area contributed by atoms with Gasteiger partial charge >= 0.3 is 0 Å². The van der Waals surface area contributed by atoms with Crippen LogP contribution >= 0.6 is 36.2 Å². The molecule has 0 atom stereocenters. The van der Waals surface area contributed by atoms with Gasteiger partial charge in [-0.3, -0.25) is 14.7 Å². The van der Waals surface area contributed by atoms with Crippen LogP contribution in [-0.2, 0) is 25.9 Å². The van der Waals surface area contributed by atoms with Gasteiger partial charge in [-0.15, -0.1) is 36.2 Å². The molecular formula is C21H30Cl2N4OS. The van der Waals surface area contributed by atoms with Crippen LogP contribution in [-0.4, -0.2) is 46.4 Å². The van der Waals surface area contributed by atoms with E-state index >= 15 is 0 Å². The Kier molecular flexibility index (Phi) is 8.91. The lowest BCUT2D eigenvalue weighted by atomic mass is 10.0. The number of pyridine rings is 1. The lowest BCUT2D eigenvalue weighted by Gasteiger charge is -2.31. The number of carbonyl (C=O) groups is 1. The number of aromatic nitrogens is 1. The number of amides is 1. The molecule has 1 saturated heterocycles. The minimum atomic E-state index is 0. The molecule has 0 unspecified atom stereocenters. The van der Waals surface area contributed by atoms with Gasteiger partial charge in [-0.2, -0.15) is 0 Å². The quantitative estimate of drug-likeness (QED) is 0.761. The number of nitrogens with two attached hydrogens (primary N) is 1. The van der Waals surface area contributed by atoms with E-state index in [1.165, 1.54) is 16.0 Å². The van der Waals surface area contributed by atoms with E-state index in [9.17, 15) is 4.79 Å². The number of aryl methyl sites for hydroxylation is 1. The SMILES string of the molecule is CCc1ccc(CN2CCc3c(C(=O)N4CCC(N)CC4)csc3C2)nc1.Cl.Cl. The fraction of sp³-hybridized carbons (Fsp3) is 0.524. The van der Waals surface area contributed by atoms with Crippen molar-refractivity contribution in [2.45, 2.75) is 51.7 Å². The maximum atomic E-state index is 12.9. The first-order chi connectivity index (χ1) is 13.1. The van der Waals surface area contributed by atoms with Crippen molar-refractivity contribution in [3.63, 3.8) is 0 Å². The number of likely N-dealkylation sites (tertiary alicyclic amines) is 1. The number of halogens is 2. The van der Waals surface area contributed by atoms with Gasteiger partial charge in [0.05, 0.1) is 11.3 Å². The molecule has 29 heavy (non-hydrogen) atoms. The van der Waals surface area contributed by atoms with Crippen LogP contribution in [0.3, 0.4) is 0 Å². The number of nitrogens with zero attached hydrogens (tertiary/aromatic N) is 3. The largest absolute Gasteiger partial charge is 0.338 e. The van der Waals surface area contributed by atoms with Crippen LogP contribution in [0.25, 0.3) is 0 Å². The summed E-state index contributed by atoms with van der Waals surface area (Å²) in [5.74, 6) is 0.199. The molecule has 8 heteroatoms. The molecule has 1 fully saturated rings. The van der Waals surface area contributed by atoms with E-state index in [4.69, 9.17) is 5.73 Å². The van der Waals surface area contributed by atoms with Crippen molar-refractivity contribution >= 4 is 42.1 Å². The smallest absolute Gasteiger partial charge is 0.254 e. The van der Waals surface area contributed by atoms with Crippen molar-refractivity contribution < 1.29 is 4.79 Å². The van der Waals surface area contributed by atoms with Crippen molar-refractivity contribution in [1.29, 1.82) is 0 Å². The summed E-state index contributed by atoms with van der Waals surface area (Å²) in [5, 5.41) is 2.07. The molecule has 0 radical (unpaired) electrons. The van der Waals surface area contributed by atoms with Gasteiger partial charge in [0, 0.05) is 55.2 Å². The number of carbonyl (C=O) groups excluding carboxylic acids is 1. The molecule has 2 aliphatic heterocycles. The molecule has 0 aliphatic carbocycles. The van der Waals surface area contributed by atoms with Gasteiger partial charge in [-0.25, -0.2) is 0 Å². The standard InChI is InChI=1S/C21H28N4OS.2ClH/c1-2-15-3-4-17(23-11-15)12-24-8-7-18-19(14-27-20(18)13-24)21(26)25-9-5-16(22)6-10-25;;/h3-4,11,14,16H,2,5-10,12-13,22H2,1H3;2*1H. The van der Waals surface area contributed by atoms with Gasteiger partial charge < -0.3 is 10.6 Å². The van der Waals surface area contributed by atoms with Gasteiger partial charge in [-0.05, 0) is 42.9 Å². The molecule has 2 aromatic heterocycles. The Bertz CT molecular complexity index is 804. The fourth-order valence-electron chi connectivity index (χ4n) is 3.96. The summed E-state index contributed by atoms with van der Waals surface area (Å²) in [4.78, 5) is 23.3. The second-order valence-electron chi connectivity index (χ2n) is 7.65. The second-order valence-corrected chi connectivity index (χ2v) is 8.62. The van der Waals surface area contributed by atoms with Crippen LogP contribution in [0.15, 0.2) is 23.7 Å². The molecule has 0 spiro atoms. The Hall–Kier alpha value is -1.18. The predicted octanol–water partition coefficient (Wildman–Crippen LogP) is 3.67. The summed E-state index contributed by atoms with van der Waals surface area (Å²) >= 11 is 1.73. The van der Waals surface area contributed by atoms with Crippen LogP contribution in [0, 0.1) is 0 Å². The van der Waals surface area contributed by atoms with E-state index in [0.717, 1.165) is 69.7 Å². The zero-order valence-electron chi connectivity index (χ0n) is 16.8. The Morgan fingerprint density at radius 2 is 2.00 bits per heavy atom. The molecule has 5 nitrogen and oxygen atoms in total. The van der Waals surface area contributed by atoms with Crippen LogP contribution in [0.5, 0.6) is 0 Å². The molecule has 0 bridgehead atoms.